The summed E-state index contributed by atoms with van der Waals surface area (Å²) >= 11 is 0. The van der Waals surface area contributed by atoms with Gasteiger partial charge in [-0.1, -0.05) is 25.1 Å². The predicted molar refractivity (Wildman–Crippen MR) is 89.6 cm³/mol. The summed E-state index contributed by atoms with van der Waals surface area (Å²) in [7, 11) is -3.63. The van der Waals surface area contributed by atoms with Crippen molar-refractivity contribution in [1.29, 1.82) is 0 Å². The molecule has 5 nitrogen and oxygen atoms in total. The van der Waals surface area contributed by atoms with Crippen LogP contribution in [0.15, 0.2) is 47.4 Å². The second-order valence-electron chi connectivity index (χ2n) is 5.29. The molecular weight excluding hydrogens is 331 g/mol. The van der Waals surface area contributed by atoms with Crippen molar-refractivity contribution in [2.75, 3.05) is 6.54 Å². The second kappa shape index (κ2) is 7.55. The van der Waals surface area contributed by atoms with Gasteiger partial charge in [0.2, 0.25) is 10.0 Å². The number of halogens is 1. The minimum Gasteiger partial charge on any atom is -0.348 e. The third-order valence-electron chi connectivity index (χ3n) is 3.46. The lowest BCUT2D eigenvalue weighted by Gasteiger charge is -2.11. The van der Waals surface area contributed by atoms with Crippen molar-refractivity contribution < 1.29 is 17.6 Å². The molecule has 0 unspecified atom stereocenters. The molecule has 2 aromatic rings. The fourth-order valence-electron chi connectivity index (χ4n) is 2.17. The molecule has 0 saturated heterocycles. The molecule has 24 heavy (non-hydrogen) atoms. The fourth-order valence-corrected chi connectivity index (χ4v) is 3.23. The molecule has 2 aromatic carbocycles. The van der Waals surface area contributed by atoms with Crippen molar-refractivity contribution >= 4 is 15.9 Å². The second-order valence-corrected chi connectivity index (χ2v) is 7.05. The first-order valence-electron chi connectivity index (χ1n) is 7.46. The molecule has 0 aliphatic heterocycles. The number of aryl methyl sites for hydroxylation is 1. The van der Waals surface area contributed by atoms with Gasteiger partial charge in [-0.25, -0.2) is 17.5 Å². The summed E-state index contributed by atoms with van der Waals surface area (Å²) in [5, 5.41) is 2.71. The Labute approximate surface area is 141 Å². The Bertz CT molecular complexity index is 833. The molecular formula is C17H19FN2O3S. The van der Waals surface area contributed by atoms with Crippen molar-refractivity contribution in [3.63, 3.8) is 0 Å². The van der Waals surface area contributed by atoms with E-state index in [2.05, 4.69) is 10.0 Å². The Morgan fingerprint density at radius 2 is 1.79 bits per heavy atom. The lowest BCUT2D eigenvalue weighted by Crippen LogP contribution is -2.26. The van der Waals surface area contributed by atoms with Gasteiger partial charge in [0.15, 0.2) is 0 Å². The first-order valence-corrected chi connectivity index (χ1v) is 8.95. The van der Waals surface area contributed by atoms with Crippen molar-refractivity contribution in [3.8, 4) is 0 Å². The van der Waals surface area contributed by atoms with Crippen molar-refractivity contribution in [1.82, 2.24) is 10.0 Å². The number of nitrogens with one attached hydrogen (secondary N) is 2. The van der Waals surface area contributed by atoms with Gasteiger partial charge in [0.05, 0.1) is 4.90 Å². The van der Waals surface area contributed by atoms with Gasteiger partial charge in [0.25, 0.3) is 5.91 Å². The number of carbonyl (C=O) groups is 1. The van der Waals surface area contributed by atoms with Gasteiger partial charge in [-0.05, 0) is 42.3 Å². The van der Waals surface area contributed by atoms with Crippen LogP contribution in [0, 0.1) is 12.7 Å². The number of carbonyl (C=O) groups excluding carboxylic acids is 1. The number of benzene rings is 2. The monoisotopic (exact) mass is 350 g/mol. The Balaban J connectivity index is 2.18. The summed E-state index contributed by atoms with van der Waals surface area (Å²) in [5.41, 5.74) is 1.71. The van der Waals surface area contributed by atoms with Crippen molar-refractivity contribution in [2.24, 2.45) is 0 Å². The molecule has 0 saturated carbocycles. The highest BCUT2D eigenvalue weighted by Crippen LogP contribution is 2.16. The molecule has 2 rings (SSSR count). The van der Waals surface area contributed by atoms with E-state index in [4.69, 9.17) is 0 Å². The number of hydrogen-bond donors (Lipinski definition) is 2. The van der Waals surface area contributed by atoms with Crippen LogP contribution in [0.1, 0.15) is 28.4 Å². The standard InChI is InChI=1S/C17H19FN2O3S/c1-3-20-24(22,23)15-9-4-12(2)16(10-15)17(21)19-11-13-5-7-14(18)8-6-13/h4-10,20H,3,11H2,1-2H3,(H,19,21). The molecule has 0 atom stereocenters. The maximum Gasteiger partial charge on any atom is 0.251 e. The predicted octanol–water partition coefficient (Wildman–Crippen LogP) is 2.36. The normalized spacial score (nSPS) is 11.3. The van der Waals surface area contributed by atoms with Crippen LogP contribution in [-0.4, -0.2) is 20.9 Å². The Hall–Kier alpha value is -2.25. The molecule has 0 aliphatic carbocycles. The van der Waals surface area contributed by atoms with Crippen LogP contribution in [0.2, 0.25) is 0 Å². The van der Waals surface area contributed by atoms with E-state index in [1.165, 1.54) is 24.3 Å². The first-order chi connectivity index (χ1) is 11.3. The highest BCUT2D eigenvalue weighted by Gasteiger charge is 2.17. The van der Waals surface area contributed by atoms with Crippen LogP contribution in [0.4, 0.5) is 4.39 Å². The third kappa shape index (κ3) is 4.39. The van der Waals surface area contributed by atoms with Gasteiger partial charge < -0.3 is 5.32 Å². The average Bonchev–Trinajstić information content (AvgIpc) is 2.54. The van der Waals surface area contributed by atoms with Crippen molar-refractivity contribution in [3.05, 3.63) is 65.0 Å². The average molecular weight is 350 g/mol. The first kappa shape index (κ1) is 18.1. The Kier molecular flexibility index (Phi) is 5.69. The van der Waals surface area contributed by atoms with Gasteiger partial charge >= 0.3 is 0 Å². The summed E-state index contributed by atoms with van der Waals surface area (Å²) < 4.78 is 39.4. The van der Waals surface area contributed by atoms with E-state index in [-0.39, 0.29) is 35.3 Å². The number of hydrogen-bond acceptors (Lipinski definition) is 3. The van der Waals surface area contributed by atoms with Gasteiger partial charge in [0.1, 0.15) is 5.82 Å². The lowest BCUT2D eigenvalue weighted by atomic mass is 10.1. The van der Waals surface area contributed by atoms with E-state index in [1.807, 2.05) is 0 Å². The summed E-state index contributed by atoms with van der Waals surface area (Å²) in [4.78, 5) is 12.4. The Morgan fingerprint density at radius 3 is 2.42 bits per heavy atom. The minimum absolute atomic E-state index is 0.0434. The minimum atomic E-state index is -3.63. The van der Waals surface area contributed by atoms with E-state index in [0.29, 0.717) is 5.56 Å². The zero-order valence-electron chi connectivity index (χ0n) is 13.5. The molecule has 0 heterocycles. The number of amides is 1. The summed E-state index contributed by atoms with van der Waals surface area (Å²) in [6.07, 6.45) is 0. The highest BCUT2D eigenvalue weighted by atomic mass is 32.2. The van der Waals surface area contributed by atoms with Crippen LogP contribution in [-0.2, 0) is 16.6 Å². The number of sulfonamides is 1. The van der Waals surface area contributed by atoms with Gasteiger partial charge in [-0.2, -0.15) is 0 Å². The van der Waals surface area contributed by atoms with Crippen LogP contribution >= 0.6 is 0 Å². The third-order valence-corrected chi connectivity index (χ3v) is 5.01. The maximum atomic E-state index is 12.9. The SMILES string of the molecule is CCNS(=O)(=O)c1ccc(C)c(C(=O)NCc2ccc(F)cc2)c1. The van der Waals surface area contributed by atoms with E-state index >= 15 is 0 Å². The molecule has 0 fully saturated rings. The molecule has 0 aliphatic rings. The van der Waals surface area contributed by atoms with E-state index in [1.54, 1.807) is 32.0 Å². The smallest absolute Gasteiger partial charge is 0.251 e. The van der Waals surface area contributed by atoms with Crippen LogP contribution in [0.5, 0.6) is 0 Å². The summed E-state index contributed by atoms with van der Waals surface area (Å²) in [6, 6.07) is 10.2. The zero-order valence-corrected chi connectivity index (χ0v) is 14.3. The molecule has 1 amide bonds. The zero-order chi connectivity index (χ0) is 17.7. The van der Waals surface area contributed by atoms with E-state index in [9.17, 15) is 17.6 Å². The largest absolute Gasteiger partial charge is 0.348 e. The van der Waals surface area contributed by atoms with Gasteiger partial charge in [-0.3, -0.25) is 4.79 Å². The van der Waals surface area contributed by atoms with E-state index in [0.717, 1.165) is 5.56 Å². The molecule has 2 N–H and O–H groups in total. The molecule has 128 valence electrons. The summed E-state index contributed by atoms with van der Waals surface area (Å²) in [5.74, 6) is -0.729. The molecule has 0 spiro atoms. The molecule has 0 radical (unpaired) electrons. The summed E-state index contributed by atoms with van der Waals surface area (Å²) in [6.45, 7) is 3.91. The fraction of sp³-hybridized carbons (Fsp3) is 0.235. The van der Waals surface area contributed by atoms with Crippen LogP contribution in [0.25, 0.3) is 0 Å². The van der Waals surface area contributed by atoms with Gasteiger partial charge in [-0.15, -0.1) is 0 Å². The van der Waals surface area contributed by atoms with Gasteiger partial charge in [0, 0.05) is 18.7 Å². The molecule has 0 bridgehead atoms. The molecule has 0 aromatic heterocycles. The lowest BCUT2D eigenvalue weighted by molar-refractivity contribution is 0.0950. The maximum absolute atomic E-state index is 12.9. The topological polar surface area (TPSA) is 75.3 Å². The number of rotatable bonds is 6. The Morgan fingerprint density at radius 1 is 1.12 bits per heavy atom. The quantitative estimate of drug-likeness (QED) is 0.840. The van der Waals surface area contributed by atoms with Crippen molar-refractivity contribution in [2.45, 2.75) is 25.3 Å². The van der Waals surface area contributed by atoms with Crippen LogP contribution < -0.4 is 10.0 Å². The highest BCUT2D eigenvalue weighted by molar-refractivity contribution is 7.89. The molecule has 7 heteroatoms. The van der Waals surface area contributed by atoms with Crippen LogP contribution in [0.3, 0.4) is 0 Å². The van der Waals surface area contributed by atoms with E-state index < -0.39 is 10.0 Å².